The second kappa shape index (κ2) is 7.97. The van der Waals surface area contributed by atoms with Gasteiger partial charge in [0, 0.05) is 23.6 Å². The first-order valence-electron chi connectivity index (χ1n) is 7.78. The van der Waals surface area contributed by atoms with Crippen LogP contribution in [0.5, 0.6) is 0 Å². The van der Waals surface area contributed by atoms with E-state index in [4.69, 9.17) is 4.74 Å². The molecule has 0 aliphatic heterocycles. The van der Waals surface area contributed by atoms with Crippen LogP contribution in [0, 0.1) is 13.8 Å². The van der Waals surface area contributed by atoms with E-state index in [-0.39, 0.29) is 11.5 Å². The number of hydrogen-bond donors (Lipinski definition) is 0. The van der Waals surface area contributed by atoms with Gasteiger partial charge in [0.1, 0.15) is 4.83 Å². The lowest BCUT2D eigenvalue weighted by atomic mass is 10.2. The Morgan fingerprint density at radius 2 is 2.09 bits per heavy atom. The van der Waals surface area contributed by atoms with E-state index in [1.165, 1.54) is 11.8 Å². The first-order chi connectivity index (χ1) is 11.0. The average molecular weight is 354 g/mol. The number of nitrogens with zero attached hydrogens (tertiary/aromatic N) is 2. The van der Waals surface area contributed by atoms with E-state index in [2.05, 4.69) is 4.98 Å². The van der Waals surface area contributed by atoms with Gasteiger partial charge >= 0.3 is 5.97 Å². The molecule has 0 spiro atoms. The SMILES string of the molecule is CCOC(=O)CCCSc1nc2sc(C)c(C)c2c(=O)n1CC. The van der Waals surface area contributed by atoms with E-state index in [1.807, 2.05) is 20.8 Å². The third-order valence-electron chi connectivity index (χ3n) is 3.63. The fraction of sp³-hybridized carbons (Fsp3) is 0.562. The van der Waals surface area contributed by atoms with Gasteiger partial charge in [0.25, 0.3) is 5.56 Å². The molecular formula is C16H22N2O3S2. The van der Waals surface area contributed by atoms with Crippen molar-refractivity contribution < 1.29 is 9.53 Å². The summed E-state index contributed by atoms with van der Waals surface area (Å²) in [5.74, 6) is 0.564. The van der Waals surface area contributed by atoms with Crippen LogP contribution < -0.4 is 5.56 Å². The van der Waals surface area contributed by atoms with Crippen molar-refractivity contribution in [1.82, 2.24) is 9.55 Å². The maximum Gasteiger partial charge on any atom is 0.305 e. The Kier molecular flexibility index (Phi) is 6.24. The highest BCUT2D eigenvalue weighted by molar-refractivity contribution is 7.99. The van der Waals surface area contributed by atoms with Crippen LogP contribution in [-0.4, -0.2) is 27.9 Å². The molecule has 0 fully saturated rings. The van der Waals surface area contributed by atoms with Crippen molar-refractivity contribution in [3.8, 4) is 0 Å². The lowest BCUT2D eigenvalue weighted by Gasteiger charge is -2.09. The quantitative estimate of drug-likeness (QED) is 0.329. The second-order valence-electron chi connectivity index (χ2n) is 5.16. The highest BCUT2D eigenvalue weighted by Gasteiger charge is 2.16. The summed E-state index contributed by atoms with van der Waals surface area (Å²) in [6.45, 7) is 8.75. The molecule has 0 aliphatic rings. The molecule has 126 valence electrons. The van der Waals surface area contributed by atoms with E-state index in [9.17, 15) is 9.59 Å². The minimum atomic E-state index is -0.172. The number of thiophene rings is 1. The van der Waals surface area contributed by atoms with Gasteiger partial charge in [-0.3, -0.25) is 14.2 Å². The van der Waals surface area contributed by atoms with Crippen LogP contribution in [0.25, 0.3) is 10.2 Å². The topological polar surface area (TPSA) is 61.2 Å². The largest absolute Gasteiger partial charge is 0.466 e. The molecule has 0 aliphatic carbocycles. The molecule has 0 bridgehead atoms. The predicted molar refractivity (Wildman–Crippen MR) is 95.6 cm³/mol. The number of carbonyl (C=O) groups is 1. The molecule has 0 radical (unpaired) electrons. The van der Waals surface area contributed by atoms with Gasteiger partial charge in [-0.15, -0.1) is 11.3 Å². The Morgan fingerprint density at radius 1 is 1.35 bits per heavy atom. The van der Waals surface area contributed by atoms with Gasteiger partial charge in [-0.05, 0) is 39.7 Å². The number of esters is 1. The zero-order valence-corrected chi connectivity index (χ0v) is 15.6. The predicted octanol–water partition coefficient (Wildman–Crippen LogP) is 3.53. The van der Waals surface area contributed by atoms with Gasteiger partial charge in [0.2, 0.25) is 0 Å². The Labute approximate surface area is 144 Å². The molecule has 0 amide bonds. The summed E-state index contributed by atoms with van der Waals surface area (Å²) in [7, 11) is 0. The molecule has 2 heterocycles. The lowest BCUT2D eigenvalue weighted by molar-refractivity contribution is -0.143. The Morgan fingerprint density at radius 3 is 2.74 bits per heavy atom. The molecule has 5 nitrogen and oxygen atoms in total. The summed E-state index contributed by atoms with van der Waals surface area (Å²) in [4.78, 5) is 30.6. The Hall–Kier alpha value is -1.34. The first kappa shape index (κ1) is 18.0. The van der Waals surface area contributed by atoms with E-state index in [1.54, 1.807) is 22.8 Å². The molecular weight excluding hydrogens is 332 g/mol. The molecule has 23 heavy (non-hydrogen) atoms. The van der Waals surface area contributed by atoms with Crippen molar-refractivity contribution in [2.75, 3.05) is 12.4 Å². The minimum absolute atomic E-state index is 0.0345. The molecule has 0 saturated carbocycles. The Balaban J connectivity index is 2.17. The van der Waals surface area contributed by atoms with Crippen LogP contribution in [0.1, 0.15) is 37.1 Å². The molecule has 0 saturated heterocycles. The van der Waals surface area contributed by atoms with Gasteiger partial charge in [-0.25, -0.2) is 4.98 Å². The van der Waals surface area contributed by atoms with Gasteiger partial charge in [-0.1, -0.05) is 11.8 Å². The van der Waals surface area contributed by atoms with Crippen molar-refractivity contribution in [2.45, 2.75) is 52.2 Å². The molecule has 0 aromatic carbocycles. The number of aryl methyl sites for hydroxylation is 2. The lowest BCUT2D eigenvalue weighted by Crippen LogP contribution is -2.22. The third kappa shape index (κ3) is 3.95. The fourth-order valence-corrected chi connectivity index (χ4v) is 4.38. The molecule has 2 aromatic rings. The normalized spacial score (nSPS) is 11.1. The number of fused-ring (bicyclic) bond motifs is 1. The second-order valence-corrected chi connectivity index (χ2v) is 7.43. The van der Waals surface area contributed by atoms with Crippen molar-refractivity contribution in [2.24, 2.45) is 0 Å². The highest BCUT2D eigenvalue weighted by Crippen LogP contribution is 2.28. The number of carbonyl (C=O) groups excluding carboxylic acids is 1. The Bertz CT molecular complexity index is 765. The molecule has 0 atom stereocenters. The zero-order chi connectivity index (χ0) is 17.0. The number of thioether (sulfide) groups is 1. The van der Waals surface area contributed by atoms with Crippen molar-refractivity contribution >= 4 is 39.3 Å². The van der Waals surface area contributed by atoms with Crippen LogP contribution in [0.2, 0.25) is 0 Å². The van der Waals surface area contributed by atoms with E-state index >= 15 is 0 Å². The van der Waals surface area contributed by atoms with Crippen LogP contribution in [-0.2, 0) is 16.1 Å². The average Bonchev–Trinajstić information content (AvgIpc) is 2.79. The van der Waals surface area contributed by atoms with Crippen molar-refractivity contribution in [3.05, 3.63) is 20.8 Å². The molecule has 7 heteroatoms. The third-order valence-corrected chi connectivity index (χ3v) is 5.80. The summed E-state index contributed by atoms with van der Waals surface area (Å²) < 4.78 is 6.63. The maximum absolute atomic E-state index is 12.7. The van der Waals surface area contributed by atoms with Crippen LogP contribution in [0.4, 0.5) is 0 Å². The van der Waals surface area contributed by atoms with Crippen LogP contribution >= 0.6 is 23.1 Å². The van der Waals surface area contributed by atoms with Crippen LogP contribution in [0.15, 0.2) is 9.95 Å². The number of aromatic nitrogens is 2. The molecule has 0 unspecified atom stereocenters. The molecule has 2 aromatic heterocycles. The van der Waals surface area contributed by atoms with E-state index in [0.29, 0.717) is 26.0 Å². The zero-order valence-electron chi connectivity index (χ0n) is 14.0. The van der Waals surface area contributed by atoms with E-state index in [0.717, 1.165) is 31.6 Å². The van der Waals surface area contributed by atoms with Gasteiger partial charge in [0.15, 0.2) is 5.16 Å². The summed E-state index contributed by atoms with van der Waals surface area (Å²) in [6.07, 6.45) is 1.11. The smallest absolute Gasteiger partial charge is 0.305 e. The standard InChI is InChI=1S/C16H22N2O3S2/c1-5-18-15(20)13-10(3)11(4)23-14(13)17-16(18)22-9-7-8-12(19)21-6-2/h5-9H2,1-4H3. The number of hydrogen-bond acceptors (Lipinski definition) is 6. The van der Waals surface area contributed by atoms with E-state index < -0.39 is 0 Å². The van der Waals surface area contributed by atoms with Gasteiger partial charge in [0.05, 0.1) is 12.0 Å². The maximum atomic E-state index is 12.7. The van der Waals surface area contributed by atoms with Crippen LogP contribution in [0.3, 0.4) is 0 Å². The fourth-order valence-electron chi connectivity index (χ4n) is 2.31. The number of ether oxygens (including phenoxy) is 1. The van der Waals surface area contributed by atoms with Crippen molar-refractivity contribution in [3.63, 3.8) is 0 Å². The monoisotopic (exact) mass is 354 g/mol. The molecule has 0 N–H and O–H groups in total. The summed E-state index contributed by atoms with van der Waals surface area (Å²) in [5.41, 5.74) is 1.07. The first-order valence-corrected chi connectivity index (χ1v) is 9.58. The minimum Gasteiger partial charge on any atom is -0.466 e. The molecule has 2 rings (SSSR count). The van der Waals surface area contributed by atoms with Crippen molar-refractivity contribution in [1.29, 1.82) is 0 Å². The van der Waals surface area contributed by atoms with Gasteiger partial charge in [-0.2, -0.15) is 0 Å². The summed E-state index contributed by atoms with van der Waals surface area (Å²) in [5, 5.41) is 1.47. The number of rotatable bonds is 7. The van der Waals surface area contributed by atoms with Gasteiger partial charge < -0.3 is 4.74 Å². The summed E-state index contributed by atoms with van der Waals surface area (Å²) in [6, 6.07) is 0. The highest BCUT2D eigenvalue weighted by atomic mass is 32.2. The summed E-state index contributed by atoms with van der Waals surface area (Å²) >= 11 is 3.09.